The van der Waals surface area contributed by atoms with E-state index in [1.165, 1.54) is 257 Å². The SMILES string of the molecule is CCC(C)CCCCCCCCCCCCCCCCCCCCC(=O)O[C@H](COC(=O)CCCCCCCCCCCCCCCCCCC(C)C)COC(=O)CCCCCCCCCCCCCC(C)C. The lowest BCUT2D eigenvalue weighted by molar-refractivity contribution is -0.167. The van der Waals surface area contributed by atoms with Crippen LogP contribution in [0.4, 0.5) is 0 Å². The van der Waals surface area contributed by atoms with Gasteiger partial charge >= 0.3 is 17.9 Å². The number of hydrogen-bond donors (Lipinski definition) is 0. The van der Waals surface area contributed by atoms with Gasteiger partial charge in [0.2, 0.25) is 0 Å². The molecule has 0 N–H and O–H groups in total. The topological polar surface area (TPSA) is 78.9 Å². The van der Waals surface area contributed by atoms with E-state index >= 15 is 0 Å². The third-order valence-electron chi connectivity index (χ3n) is 15.8. The van der Waals surface area contributed by atoms with Crippen LogP contribution in [0.15, 0.2) is 0 Å². The van der Waals surface area contributed by atoms with E-state index in [1.807, 2.05) is 0 Å². The summed E-state index contributed by atoms with van der Waals surface area (Å²) in [5.74, 6) is 1.75. The third kappa shape index (κ3) is 59.5. The Bertz CT molecular complexity index is 1130. The Morgan fingerprint density at radius 2 is 0.479 bits per heavy atom. The van der Waals surface area contributed by atoms with E-state index in [1.54, 1.807) is 0 Å². The first-order valence-electron chi connectivity index (χ1n) is 33.1. The summed E-state index contributed by atoms with van der Waals surface area (Å²) in [5, 5.41) is 0. The zero-order valence-corrected chi connectivity index (χ0v) is 50.4. The van der Waals surface area contributed by atoms with Gasteiger partial charge in [0.15, 0.2) is 6.10 Å². The maximum absolute atomic E-state index is 12.9. The molecule has 1 unspecified atom stereocenters. The number of ether oxygens (including phenoxy) is 3. The first kappa shape index (κ1) is 71.4. The third-order valence-corrected chi connectivity index (χ3v) is 15.8. The van der Waals surface area contributed by atoms with Gasteiger partial charge in [0.1, 0.15) is 13.2 Å². The number of carbonyl (C=O) groups is 3. The predicted octanol–water partition coefficient (Wildman–Crippen LogP) is 22.2. The smallest absolute Gasteiger partial charge is 0.306 e. The molecule has 0 saturated carbocycles. The second-order valence-electron chi connectivity index (χ2n) is 24.3. The minimum atomic E-state index is -0.765. The minimum absolute atomic E-state index is 0.0624. The Balaban J connectivity index is 4.26. The van der Waals surface area contributed by atoms with Crippen LogP contribution < -0.4 is 0 Å². The lowest BCUT2D eigenvalue weighted by Crippen LogP contribution is -2.30. The highest BCUT2D eigenvalue weighted by Crippen LogP contribution is 2.20. The summed E-state index contributed by atoms with van der Waals surface area (Å²) in [4.78, 5) is 38.3. The molecule has 6 nitrogen and oxygen atoms in total. The molecule has 0 aromatic rings. The van der Waals surface area contributed by atoms with Gasteiger partial charge < -0.3 is 14.2 Å². The van der Waals surface area contributed by atoms with Gasteiger partial charge in [-0.15, -0.1) is 0 Å². The molecule has 0 aromatic heterocycles. The summed E-state index contributed by atoms with van der Waals surface area (Å²) in [6.45, 7) is 13.9. The van der Waals surface area contributed by atoms with Crippen molar-refractivity contribution in [3.8, 4) is 0 Å². The lowest BCUT2D eigenvalue weighted by atomic mass is 9.99. The van der Waals surface area contributed by atoms with Crippen molar-refractivity contribution in [1.29, 1.82) is 0 Å². The molecule has 73 heavy (non-hydrogen) atoms. The second-order valence-corrected chi connectivity index (χ2v) is 24.3. The van der Waals surface area contributed by atoms with Crippen LogP contribution in [0.25, 0.3) is 0 Å². The van der Waals surface area contributed by atoms with Crippen LogP contribution in [0.2, 0.25) is 0 Å². The summed E-state index contributed by atoms with van der Waals surface area (Å²) >= 11 is 0. The fourth-order valence-electron chi connectivity index (χ4n) is 10.4. The summed E-state index contributed by atoms with van der Waals surface area (Å²) in [6, 6.07) is 0. The highest BCUT2D eigenvalue weighted by molar-refractivity contribution is 5.71. The summed E-state index contributed by atoms with van der Waals surface area (Å²) < 4.78 is 17.0. The maximum Gasteiger partial charge on any atom is 0.306 e. The van der Waals surface area contributed by atoms with Gasteiger partial charge in [-0.25, -0.2) is 0 Å². The van der Waals surface area contributed by atoms with Crippen LogP contribution in [0.5, 0.6) is 0 Å². The van der Waals surface area contributed by atoms with Crippen molar-refractivity contribution in [3.05, 3.63) is 0 Å². The Hall–Kier alpha value is -1.59. The highest BCUT2D eigenvalue weighted by atomic mass is 16.6. The molecule has 0 aliphatic heterocycles. The van der Waals surface area contributed by atoms with E-state index in [0.717, 1.165) is 75.5 Å². The van der Waals surface area contributed by atoms with Crippen molar-refractivity contribution in [3.63, 3.8) is 0 Å². The van der Waals surface area contributed by atoms with E-state index < -0.39 is 6.10 Å². The first-order chi connectivity index (χ1) is 35.6. The number of hydrogen-bond acceptors (Lipinski definition) is 6. The highest BCUT2D eigenvalue weighted by Gasteiger charge is 2.20. The molecule has 0 fully saturated rings. The predicted molar refractivity (Wildman–Crippen MR) is 316 cm³/mol. The fraction of sp³-hybridized carbons (Fsp3) is 0.955. The number of carbonyl (C=O) groups excluding carboxylic acids is 3. The zero-order valence-electron chi connectivity index (χ0n) is 50.4. The molecular formula is C67H130O6. The molecule has 434 valence electrons. The van der Waals surface area contributed by atoms with E-state index in [2.05, 4.69) is 41.5 Å². The van der Waals surface area contributed by atoms with Gasteiger partial charge in [-0.05, 0) is 37.0 Å². The van der Waals surface area contributed by atoms with Crippen LogP contribution >= 0.6 is 0 Å². The van der Waals surface area contributed by atoms with Crippen molar-refractivity contribution in [2.24, 2.45) is 17.8 Å². The van der Waals surface area contributed by atoms with Crippen molar-refractivity contribution in [2.45, 2.75) is 382 Å². The number of rotatable bonds is 60. The minimum Gasteiger partial charge on any atom is -0.462 e. The van der Waals surface area contributed by atoms with Gasteiger partial charge in [-0.1, -0.05) is 337 Å². The molecule has 0 aliphatic carbocycles. The van der Waals surface area contributed by atoms with Gasteiger partial charge in [0, 0.05) is 19.3 Å². The Morgan fingerprint density at radius 3 is 0.712 bits per heavy atom. The normalized spacial score (nSPS) is 12.5. The second kappa shape index (κ2) is 58.1. The van der Waals surface area contributed by atoms with Crippen LogP contribution in [-0.4, -0.2) is 37.2 Å². The van der Waals surface area contributed by atoms with Crippen molar-refractivity contribution in [2.75, 3.05) is 13.2 Å². The Labute approximate surface area is 457 Å². The molecule has 0 rings (SSSR count). The van der Waals surface area contributed by atoms with Crippen molar-refractivity contribution in [1.82, 2.24) is 0 Å². The quantitative estimate of drug-likeness (QED) is 0.0343. The molecule has 2 atom stereocenters. The zero-order chi connectivity index (χ0) is 53.3. The summed E-state index contributed by atoms with van der Waals surface area (Å²) in [5.41, 5.74) is 0. The van der Waals surface area contributed by atoms with E-state index in [-0.39, 0.29) is 31.1 Å². The molecule has 0 radical (unpaired) electrons. The molecule has 0 heterocycles. The summed E-state index contributed by atoms with van der Waals surface area (Å²) in [7, 11) is 0. The average Bonchev–Trinajstić information content (AvgIpc) is 3.37. The molecule has 0 aromatic carbocycles. The Morgan fingerprint density at radius 1 is 0.274 bits per heavy atom. The van der Waals surface area contributed by atoms with Crippen molar-refractivity contribution >= 4 is 17.9 Å². The summed E-state index contributed by atoms with van der Waals surface area (Å²) in [6.07, 6.45) is 63.9. The molecule has 0 aliphatic rings. The van der Waals surface area contributed by atoms with Gasteiger partial charge in [0.25, 0.3) is 0 Å². The number of unbranched alkanes of at least 4 members (excludes halogenated alkanes) is 42. The van der Waals surface area contributed by atoms with E-state index in [0.29, 0.717) is 19.3 Å². The monoisotopic (exact) mass is 1030 g/mol. The van der Waals surface area contributed by atoms with Crippen LogP contribution in [0.1, 0.15) is 375 Å². The lowest BCUT2D eigenvalue weighted by Gasteiger charge is -2.18. The maximum atomic E-state index is 12.9. The van der Waals surface area contributed by atoms with E-state index in [4.69, 9.17) is 14.2 Å². The largest absolute Gasteiger partial charge is 0.462 e. The molecule has 0 bridgehead atoms. The van der Waals surface area contributed by atoms with Crippen LogP contribution in [0.3, 0.4) is 0 Å². The molecule has 0 saturated heterocycles. The Kier molecular flexibility index (Phi) is 56.8. The number of esters is 3. The molecule has 6 heteroatoms. The molecule has 0 amide bonds. The molecule has 0 spiro atoms. The van der Waals surface area contributed by atoms with Gasteiger partial charge in [-0.2, -0.15) is 0 Å². The van der Waals surface area contributed by atoms with Crippen LogP contribution in [-0.2, 0) is 28.6 Å². The van der Waals surface area contributed by atoms with Crippen molar-refractivity contribution < 1.29 is 28.6 Å². The molecular weight excluding hydrogens is 901 g/mol. The van der Waals surface area contributed by atoms with Crippen LogP contribution in [0, 0.1) is 17.8 Å². The average molecular weight is 1030 g/mol. The van der Waals surface area contributed by atoms with Gasteiger partial charge in [-0.3, -0.25) is 14.4 Å². The van der Waals surface area contributed by atoms with E-state index in [9.17, 15) is 14.4 Å². The fourth-order valence-corrected chi connectivity index (χ4v) is 10.4. The van der Waals surface area contributed by atoms with Gasteiger partial charge in [0.05, 0.1) is 0 Å². The standard InChI is InChI=1S/C67H130O6/c1-7-63(6)55-49-43-37-31-25-19-15-10-8-9-11-17-21-27-34-40-46-52-58-67(70)73-64(60-72-66(69)57-51-45-39-33-28-22-24-30-36-42-48-54-62(4)5)59-71-65(68)56-50-44-38-32-26-20-16-13-12-14-18-23-29-35-41-47-53-61(2)3/h61-64H,7-60H2,1-6H3/t63?,64-/m1/s1. The first-order valence-corrected chi connectivity index (χ1v) is 33.1.